The Morgan fingerprint density at radius 2 is 1.83 bits per heavy atom. The van der Waals surface area contributed by atoms with Crippen LogP contribution in [0.5, 0.6) is 0 Å². The van der Waals surface area contributed by atoms with Crippen LogP contribution in [-0.4, -0.2) is 55.7 Å². The predicted octanol–water partition coefficient (Wildman–Crippen LogP) is 2.96. The Kier molecular flexibility index (Phi) is 8.09. The highest BCUT2D eigenvalue weighted by Gasteiger charge is 2.37. The number of nitrogens with one attached hydrogen (secondary N) is 1. The Labute approximate surface area is 175 Å². The van der Waals surface area contributed by atoms with Crippen molar-refractivity contribution in [2.45, 2.75) is 63.8 Å². The minimum Gasteiger partial charge on any atom is -0.356 e. The van der Waals surface area contributed by atoms with E-state index >= 15 is 0 Å². The van der Waals surface area contributed by atoms with Crippen LogP contribution in [0.2, 0.25) is 0 Å². The van der Waals surface area contributed by atoms with Gasteiger partial charge in [-0.05, 0) is 44.1 Å². The van der Waals surface area contributed by atoms with Gasteiger partial charge >= 0.3 is 0 Å². The minimum absolute atomic E-state index is 0.0155. The first-order valence-corrected chi connectivity index (χ1v) is 12.4. The van der Waals surface area contributed by atoms with Crippen LogP contribution in [0, 0.1) is 5.92 Å². The summed E-state index contributed by atoms with van der Waals surface area (Å²) in [5, 5.41) is 3.01. The summed E-state index contributed by atoms with van der Waals surface area (Å²) in [6, 6.07) is 10.3. The van der Waals surface area contributed by atoms with Crippen molar-refractivity contribution in [3.63, 3.8) is 0 Å². The summed E-state index contributed by atoms with van der Waals surface area (Å²) >= 11 is 0. The number of benzene rings is 1. The number of rotatable bonds is 8. The van der Waals surface area contributed by atoms with Crippen LogP contribution < -0.4 is 5.32 Å². The van der Waals surface area contributed by atoms with E-state index in [-0.39, 0.29) is 17.9 Å². The zero-order valence-corrected chi connectivity index (χ0v) is 18.4. The van der Waals surface area contributed by atoms with Gasteiger partial charge in [-0.2, -0.15) is 17.0 Å². The lowest BCUT2D eigenvalue weighted by Crippen LogP contribution is -2.52. The molecule has 1 aliphatic carbocycles. The summed E-state index contributed by atoms with van der Waals surface area (Å²) in [4.78, 5) is 12.6. The fourth-order valence-corrected chi connectivity index (χ4v) is 6.15. The van der Waals surface area contributed by atoms with E-state index in [2.05, 4.69) is 17.4 Å². The van der Waals surface area contributed by atoms with Gasteiger partial charge in [-0.3, -0.25) is 4.79 Å². The second kappa shape index (κ2) is 10.5. The number of nitrogens with zero attached hydrogens (tertiary/aromatic N) is 2. The average Bonchev–Trinajstić information content (AvgIpc) is 2.77. The van der Waals surface area contributed by atoms with E-state index in [1.807, 2.05) is 18.2 Å². The van der Waals surface area contributed by atoms with Crippen molar-refractivity contribution in [2.75, 3.05) is 26.7 Å². The maximum atomic E-state index is 13.1. The van der Waals surface area contributed by atoms with Crippen LogP contribution in [0.1, 0.15) is 56.9 Å². The molecule has 0 radical (unpaired) electrons. The van der Waals surface area contributed by atoms with Gasteiger partial charge in [0, 0.05) is 32.7 Å². The highest BCUT2D eigenvalue weighted by atomic mass is 32.2. The van der Waals surface area contributed by atoms with Gasteiger partial charge in [-0.25, -0.2) is 0 Å². The van der Waals surface area contributed by atoms with Crippen LogP contribution in [0.4, 0.5) is 0 Å². The van der Waals surface area contributed by atoms with Crippen molar-refractivity contribution >= 4 is 16.1 Å². The standard InChI is InChI=1S/C22H35N3O3S/c1-24(21-14-6-3-7-15-21)29(27,28)25-17-9-13-20(18-25)22(26)23-16-8-12-19-10-4-2-5-11-19/h2,4-5,10-11,20-21H,3,6-9,12-18H2,1H3,(H,23,26). The zero-order chi connectivity index (χ0) is 20.7. The topological polar surface area (TPSA) is 69.7 Å². The lowest BCUT2D eigenvalue weighted by Gasteiger charge is -2.37. The number of piperidine rings is 1. The Hall–Kier alpha value is -1.44. The Morgan fingerprint density at radius 3 is 2.55 bits per heavy atom. The molecule has 1 aromatic carbocycles. The molecule has 2 fully saturated rings. The van der Waals surface area contributed by atoms with Crippen molar-refractivity contribution in [1.82, 2.24) is 13.9 Å². The van der Waals surface area contributed by atoms with Gasteiger partial charge in [0.15, 0.2) is 0 Å². The molecule has 1 N–H and O–H groups in total. The molecule has 2 aliphatic rings. The SMILES string of the molecule is CN(C1CCCCC1)S(=O)(=O)N1CCCC(C(=O)NCCCc2ccccc2)C1. The molecule has 0 bridgehead atoms. The number of amides is 1. The van der Waals surface area contributed by atoms with Crippen LogP contribution in [-0.2, 0) is 21.4 Å². The van der Waals surface area contributed by atoms with Gasteiger partial charge in [0.1, 0.15) is 0 Å². The lowest BCUT2D eigenvalue weighted by molar-refractivity contribution is -0.126. The normalized spacial score (nSPS) is 21.9. The quantitative estimate of drug-likeness (QED) is 0.656. The number of carbonyl (C=O) groups excluding carboxylic acids is 1. The second-order valence-corrected chi connectivity index (χ2v) is 10.4. The van der Waals surface area contributed by atoms with E-state index in [1.54, 1.807) is 11.4 Å². The zero-order valence-electron chi connectivity index (χ0n) is 17.6. The molecule has 1 aromatic rings. The van der Waals surface area contributed by atoms with Crippen molar-refractivity contribution < 1.29 is 13.2 Å². The Morgan fingerprint density at radius 1 is 1.10 bits per heavy atom. The van der Waals surface area contributed by atoms with Crippen LogP contribution in [0.3, 0.4) is 0 Å². The molecule has 0 aromatic heterocycles. The summed E-state index contributed by atoms with van der Waals surface area (Å²) in [5.74, 6) is -0.270. The molecular formula is C22H35N3O3S. The molecule has 0 spiro atoms. The molecule has 7 heteroatoms. The van der Waals surface area contributed by atoms with Gasteiger partial charge in [-0.1, -0.05) is 49.6 Å². The Balaban J connectivity index is 1.48. The molecule has 1 atom stereocenters. The van der Waals surface area contributed by atoms with Crippen LogP contribution in [0.15, 0.2) is 30.3 Å². The highest BCUT2D eigenvalue weighted by molar-refractivity contribution is 7.86. The lowest BCUT2D eigenvalue weighted by atomic mass is 9.96. The van der Waals surface area contributed by atoms with E-state index in [0.717, 1.165) is 51.4 Å². The molecule has 1 amide bonds. The molecule has 1 saturated carbocycles. The number of aryl methyl sites for hydroxylation is 1. The summed E-state index contributed by atoms with van der Waals surface area (Å²) in [7, 11) is -1.80. The number of hydrogen-bond donors (Lipinski definition) is 1. The van der Waals surface area contributed by atoms with Gasteiger partial charge in [0.25, 0.3) is 10.2 Å². The summed E-state index contributed by atoms with van der Waals surface area (Å²) in [6.07, 6.45) is 8.57. The molecule has 1 heterocycles. The fourth-order valence-electron chi connectivity index (χ4n) is 4.47. The first-order valence-electron chi connectivity index (χ1n) is 11.0. The molecule has 162 valence electrons. The maximum Gasteiger partial charge on any atom is 0.281 e. The molecule has 6 nitrogen and oxygen atoms in total. The minimum atomic E-state index is -3.50. The Bertz CT molecular complexity index is 748. The van der Waals surface area contributed by atoms with Gasteiger partial charge in [0.05, 0.1) is 5.92 Å². The smallest absolute Gasteiger partial charge is 0.281 e. The van der Waals surface area contributed by atoms with Gasteiger partial charge in [-0.15, -0.1) is 0 Å². The van der Waals surface area contributed by atoms with Crippen molar-refractivity contribution in [2.24, 2.45) is 5.92 Å². The van der Waals surface area contributed by atoms with Gasteiger partial charge < -0.3 is 5.32 Å². The third-order valence-corrected chi connectivity index (χ3v) is 8.33. The van der Waals surface area contributed by atoms with Crippen molar-refractivity contribution in [1.29, 1.82) is 0 Å². The first kappa shape index (κ1) is 22.2. The van der Waals surface area contributed by atoms with Crippen molar-refractivity contribution in [3.05, 3.63) is 35.9 Å². The fraction of sp³-hybridized carbons (Fsp3) is 0.682. The molecule has 3 rings (SSSR count). The molecular weight excluding hydrogens is 386 g/mol. The number of hydrogen-bond acceptors (Lipinski definition) is 3. The summed E-state index contributed by atoms with van der Waals surface area (Å²) < 4.78 is 29.3. The van der Waals surface area contributed by atoms with E-state index in [0.29, 0.717) is 19.6 Å². The molecule has 1 saturated heterocycles. The summed E-state index contributed by atoms with van der Waals surface area (Å²) in [6.45, 7) is 1.43. The summed E-state index contributed by atoms with van der Waals surface area (Å²) in [5.41, 5.74) is 1.27. The average molecular weight is 422 g/mol. The molecule has 1 unspecified atom stereocenters. The van der Waals surface area contributed by atoms with Crippen LogP contribution >= 0.6 is 0 Å². The molecule has 29 heavy (non-hydrogen) atoms. The highest BCUT2D eigenvalue weighted by Crippen LogP contribution is 2.27. The van der Waals surface area contributed by atoms with Crippen molar-refractivity contribution in [3.8, 4) is 0 Å². The van der Waals surface area contributed by atoms with E-state index in [1.165, 1.54) is 16.3 Å². The third-order valence-electron chi connectivity index (χ3n) is 6.32. The van der Waals surface area contributed by atoms with Gasteiger partial charge in [0.2, 0.25) is 5.91 Å². The second-order valence-electron chi connectivity index (χ2n) is 8.39. The monoisotopic (exact) mass is 421 g/mol. The first-order chi connectivity index (χ1) is 14.0. The largest absolute Gasteiger partial charge is 0.356 e. The maximum absolute atomic E-state index is 13.1. The third kappa shape index (κ3) is 6.03. The van der Waals surface area contributed by atoms with E-state index in [9.17, 15) is 13.2 Å². The predicted molar refractivity (Wildman–Crippen MR) is 116 cm³/mol. The van der Waals surface area contributed by atoms with E-state index in [4.69, 9.17) is 0 Å². The van der Waals surface area contributed by atoms with Crippen LogP contribution in [0.25, 0.3) is 0 Å². The van der Waals surface area contributed by atoms with E-state index < -0.39 is 10.2 Å². The number of carbonyl (C=O) groups is 1. The molecule has 1 aliphatic heterocycles.